The Morgan fingerprint density at radius 3 is 2.67 bits per heavy atom. The van der Waals surface area contributed by atoms with Crippen LogP contribution in [0.25, 0.3) is 0 Å². The van der Waals surface area contributed by atoms with E-state index in [0.29, 0.717) is 0 Å². The highest BCUT2D eigenvalue weighted by Gasteiger charge is 2.18. The van der Waals surface area contributed by atoms with E-state index in [-0.39, 0.29) is 12.3 Å². The van der Waals surface area contributed by atoms with E-state index in [9.17, 15) is 0 Å². The van der Waals surface area contributed by atoms with Gasteiger partial charge in [-0.3, -0.25) is 0 Å². The lowest BCUT2D eigenvalue weighted by Gasteiger charge is -2.27. The first-order valence-electron chi connectivity index (χ1n) is 5.77. The fourth-order valence-corrected chi connectivity index (χ4v) is 2.05. The molecule has 0 aromatic heterocycles. The highest BCUT2D eigenvalue weighted by Crippen LogP contribution is 2.09. The molecule has 90 valence electrons. The van der Waals surface area contributed by atoms with Crippen molar-refractivity contribution >= 4 is 0 Å². The molecular formula is C11H24N2O2. The largest absolute Gasteiger partial charge is 0.354 e. The van der Waals surface area contributed by atoms with Gasteiger partial charge in [0.1, 0.15) is 0 Å². The number of nitrogens with one attached hydrogen (secondary N) is 2. The molecule has 1 saturated heterocycles. The second-order valence-corrected chi connectivity index (χ2v) is 4.25. The van der Waals surface area contributed by atoms with Crippen molar-refractivity contribution < 1.29 is 9.47 Å². The van der Waals surface area contributed by atoms with Crippen LogP contribution in [-0.4, -0.2) is 46.2 Å². The SMILES string of the molecule is COC(OC)C(C)NCC1CCCNC1. The van der Waals surface area contributed by atoms with E-state index in [4.69, 9.17) is 9.47 Å². The monoisotopic (exact) mass is 216 g/mol. The lowest BCUT2D eigenvalue weighted by molar-refractivity contribution is -0.119. The first kappa shape index (κ1) is 12.9. The highest BCUT2D eigenvalue weighted by molar-refractivity contribution is 4.73. The van der Waals surface area contributed by atoms with Crippen molar-refractivity contribution in [3.8, 4) is 0 Å². The second kappa shape index (κ2) is 7.17. The molecule has 15 heavy (non-hydrogen) atoms. The van der Waals surface area contributed by atoms with E-state index >= 15 is 0 Å². The molecule has 4 heteroatoms. The van der Waals surface area contributed by atoms with Crippen LogP contribution in [0.2, 0.25) is 0 Å². The summed E-state index contributed by atoms with van der Waals surface area (Å²) in [5.41, 5.74) is 0. The molecule has 0 aliphatic carbocycles. The summed E-state index contributed by atoms with van der Waals surface area (Å²) >= 11 is 0. The van der Waals surface area contributed by atoms with Gasteiger partial charge >= 0.3 is 0 Å². The number of hydrogen-bond acceptors (Lipinski definition) is 4. The van der Waals surface area contributed by atoms with Gasteiger partial charge in [-0.1, -0.05) is 0 Å². The number of rotatable bonds is 6. The summed E-state index contributed by atoms with van der Waals surface area (Å²) in [5.74, 6) is 0.746. The van der Waals surface area contributed by atoms with Gasteiger partial charge in [-0.05, 0) is 45.3 Å². The number of methoxy groups -OCH3 is 2. The maximum absolute atomic E-state index is 5.20. The van der Waals surface area contributed by atoms with Crippen LogP contribution in [0.4, 0.5) is 0 Å². The van der Waals surface area contributed by atoms with Crippen LogP contribution in [0.3, 0.4) is 0 Å². The molecule has 0 saturated carbocycles. The first-order valence-corrected chi connectivity index (χ1v) is 5.77. The van der Waals surface area contributed by atoms with Crippen LogP contribution in [0.5, 0.6) is 0 Å². The van der Waals surface area contributed by atoms with Crippen molar-refractivity contribution in [3.05, 3.63) is 0 Å². The van der Waals surface area contributed by atoms with E-state index in [1.807, 2.05) is 0 Å². The molecule has 1 fully saturated rings. The van der Waals surface area contributed by atoms with Crippen molar-refractivity contribution in [2.75, 3.05) is 33.9 Å². The maximum atomic E-state index is 5.20. The van der Waals surface area contributed by atoms with Gasteiger partial charge in [0.05, 0.1) is 6.04 Å². The number of piperidine rings is 1. The Bertz CT molecular complexity index is 157. The van der Waals surface area contributed by atoms with E-state index in [0.717, 1.165) is 19.0 Å². The van der Waals surface area contributed by atoms with Crippen LogP contribution < -0.4 is 10.6 Å². The third kappa shape index (κ3) is 4.47. The molecule has 1 heterocycles. The van der Waals surface area contributed by atoms with Crippen LogP contribution in [0.1, 0.15) is 19.8 Å². The van der Waals surface area contributed by atoms with Crippen molar-refractivity contribution in [1.29, 1.82) is 0 Å². The molecule has 0 radical (unpaired) electrons. The van der Waals surface area contributed by atoms with E-state index in [2.05, 4.69) is 17.6 Å². The average molecular weight is 216 g/mol. The molecule has 2 N–H and O–H groups in total. The normalized spacial score (nSPS) is 24.4. The highest BCUT2D eigenvalue weighted by atomic mass is 16.7. The van der Waals surface area contributed by atoms with Crippen molar-refractivity contribution in [2.24, 2.45) is 5.92 Å². The summed E-state index contributed by atoms with van der Waals surface area (Å²) in [4.78, 5) is 0. The summed E-state index contributed by atoms with van der Waals surface area (Å²) in [6, 6.07) is 0.238. The van der Waals surface area contributed by atoms with Gasteiger partial charge < -0.3 is 20.1 Å². The van der Waals surface area contributed by atoms with E-state index in [1.54, 1.807) is 14.2 Å². The third-order valence-electron chi connectivity index (χ3n) is 3.00. The van der Waals surface area contributed by atoms with Gasteiger partial charge in [0.15, 0.2) is 6.29 Å². The van der Waals surface area contributed by atoms with Crippen LogP contribution in [-0.2, 0) is 9.47 Å². The van der Waals surface area contributed by atoms with E-state index < -0.39 is 0 Å². The van der Waals surface area contributed by atoms with Gasteiger partial charge in [-0.25, -0.2) is 0 Å². The Balaban J connectivity index is 2.16. The molecular weight excluding hydrogens is 192 g/mol. The predicted molar refractivity (Wildman–Crippen MR) is 60.9 cm³/mol. The zero-order valence-electron chi connectivity index (χ0n) is 10.1. The Hall–Kier alpha value is -0.160. The lowest BCUT2D eigenvalue weighted by atomic mass is 9.99. The molecule has 0 aromatic rings. The fraction of sp³-hybridized carbons (Fsp3) is 1.00. The Morgan fingerprint density at radius 1 is 1.40 bits per heavy atom. The zero-order valence-corrected chi connectivity index (χ0v) is 10.1. The fourth-order valence-electron chi connectivity index (χ4n) is 2.05. The molecule has 0 bridgehead atoms. The minimum absolute atomic E-state index is 0.151. The molecule has 0 aromatic carbocycles. The standard InChI is InChI=1S/C11H24N2O2/c1-9(11(14-2)15-3)13-8-10-5-4-6-12-7-10/h9-13H,4-8H2,1-3H3. The quantitative estimate of drug-likeness (QED) is 0.638. The van der Waals surface area contributed by atoms with Crippen LogP contribution >= 0.6 is 0 Å². The Kier molecular flexibility index (Phi) is 6.17. The molecule has 4 nitrogen and oxygen atoms in total. The molecule has 1 aliphatic heterocycles. The number of ether oxygens (including phenoxy) is 2. The lowest BCUT2D eigenvalue weighted by Crippen LogP contribution is -2.44. The maximum Gasteiger partial charge on any atom is 0.171 e. The first-order chi connectivity index (χ1) is 7.27. The third-order valence-corrected chi connectivity index (χ3v) is 3.00. The molecule has 1 aliphatic rings. The molecule has 1 rings (SSSR count). The summed E-state index contributed by atoms with van der Waals surface area (Å²) in [7, 11) is 3.35. The van der Waals surface area contributed by atoms with Crippen molar-refractivity contribution in [1.82, 2.24) is 10.6 Å². The van der Waals surface area contributed by atoms with Gasteiger partial charge in [0.2, 0.25) is 0 Å². The van der Waals surface area contributed by atoms with Crippen molar-refractivity contribution in [2.45, 2.75) is 32.1 Å². The van der Waals surface area contributed by atoms with Crippen LogP contribution in [0.15, 0.2) is 0 Å². The summed E-state index contributed by atoms with van der Waals surface area (Å²) in [6.45, 7) is 5.43. The summed E-state index contributed by atoms with van der Waals surface area (Å²) in [6.07, 6.45) is 2.46. The number of hydrogen-bond donors (Lipinski definition) is 2. The van der Waals surface area contributed by atoms with Gasteiger partial charge in [-0.15, -0.1) is 0 Å². The molecule has 2 unspecified atom stereocenters. The topological polar surface area (TPSA) is 42.5 Å². The summed E-state index contributed by atoms with van der Waals surface area (Å²) in [5, 5.41) is 6.88. The molecule has 0 spiro atoms. The zero-order chi connectivity index (χ0) is 11.1. The van der Waals surface area contributed by atoms with Crippen molar-refractivity contribution in [3.63, 3.8) is 0 Å². The molecule has 0 amide bonds. The average Bonchev–Trinajstić information content (AvgIpc) is 2.29. The van der Waals surface area contributed by atoms with Gasteiger partial charge in [-0.2, -0.15) is 0 Å². The summed E-state index contributed by atoms with van der Waals surface area (Å²) < 4.78 is 10.4. The van der Waals surface area contributed by atoms with E-state index in [1.165, 1.54) is 19.4 Å². The Morgan fingerprint density at radius 2 is 2.13 bits per heavy atom. The second-order valence-electron chi connectivity index (χ2n) is 4.25. The van der Waals surface area contributed by atoms with Gasteiger partial charge in [0.25, 0.3) is 0 Å². The molecule has 2 atom stereocenters. The van der Waals surface area contributed by atoms with Gasteiger partial charge in [0, 0.05) is 14.2 Å². The van der Waals surface area contributed by atoms with Crippen LogP contribution in [0, 0.1) is 5.92 Å². The predicted octanol–water partition coefficient (Wildman–Crippen LogP) is 0.583. The minimum atomic E-state index is -0.151. The smallest absolute Gasteiger partial charge is 0.171 e. The minimum Gasteiger partial charge on any atom is -0.354 e. The Labute approximate surface area is 92.7 Å².